The van der Waals surface area contributed by atoms with Crippen molar-refractivity contribution in [1.29, 1.82) is 0 Å². The second kappa shape index (κ2) is 6.80. The van der Waals surface area contributed by atoms with Crippen molar-refractivity contribution in [3.05, 3.63) is 71.5 Å². The van der Waals surface area contributed by atoms with Crippen molar-refractivity contribution in [2.24, 2.45) is 0 Å². The van der Waals surface area contributed by atoms with Crippen molar-refractivity contribution in [3.63, 3.8) is 0 Å². The summed E-state index contributed by atoms with van der Waals surface area (Å²) in [4.78, 5) is 22.1. The fourth-order valence-electron chi connectivity index (χ4n) is 2.35. The minimum atomic E-state index is -0.105. The van der Waals surface area contributed by atoms with E-state index in [4.69, 9.17) is 11.6 Å². The number of pyridine rings is 1. The van der Waals surface area contributed by atoms with Gasteiger partial charge in [0.15, 0.2) is 0 Å². The van der Waals surface area contributed by atoms with E-state index in [9.17, 15) is 4.79 Å². The van der Waals surface area contributed by atoms with Crippen LogP contribution in [0.1, 0.15) is 28.9 Å². The molecule has 3 aromatic rings. The SMILES string of the molecule is C[C@H](c1ccc(-n2cncn2)cc1)N(C)C(=O)c1ccc(Cl)nc1. The molecule has 0 saturated carbocycles. The zero-order valence-corrected chi connectivity index (χ0v) is 14.1. The fourth-order valence-corrected chi connectivity index (χ4v) is 2.46. The molecule has 0 saturated heterocycles. The van der Waals surface area contributed by atoms with E-state index in [2.05, 4.69) is 15.1 Å². The van der Waals surface area contributed by atoms with Crippen LogP contribution in [0.5, 0.6) is 0 Å². The maximum atomic E-state index is 12.5. The lowest BCUT2D eigenvalue weighted by atomic mass is 10.1. The number of rotatable bonds is 4. The van der Waals surface area contributed by atoms with Gasteiger partial charge in [-0.3, -0.25) is 4.79 Å². The molecule has 7 heteroatoms. The summed E-state index contributed by atoms with van der Waals surface area (Å²) in [6.07, 6.45) is 4.62. The highest BCUT2D eigenvalue weighted by atomic mass is 35.5. The number of carbonyl (C=O) groups is 1. The summed E-state index contributed by atoms with van der Waals surface area (Å²) in [6.45, 7) is 1.98. The van der Waals surface area contributed by atoms with E-state index in [-0.39, 0.29) is 11.9 Å². The number of halogens is 1. The summed E-state index contributed by atoms with van der Waals surface area (Å²) in [5, 5.41) is 4.46. The lowest BCUT2D eigenvalue weighted by molar-refractivity contribution is 0.0742. The predicted molar refractivity (Wildman–Crippen MR) is 91.1 cm³/mol. The van der Waals surface area contributed by atoms with E-state index in [1.165, 1.54) is 12.5 Å². The molecule has 0 unspecified atom stereocenters. The van der Waals surface area contributed by atoms with Gasteiger partial charge in [0.25, 0.3) is 5.91 Å². The first kappa shape index (κ1) is 16.1. The average Bonchev–Trinajstić information content (AvgIpc) is 3.15. The second-order valence-electron chi connectivity index (χ2n) is 5.39. The van der Waals surface area contributed by atoms with Crippen molar-refractivity contribution in [1.82, 2.24) is 24.6 Å². The van der Waals surface area contributed by atoms with Gasteiger partial charge in [-0.25, -0.2) is 14.6 Å². The van der Waals surface area contributed by atoms with Gasteiger partial charge in [0, 0.05) is 13.2 Å². The van der Waals surface area contributed by atoms with Crippen LogP contribution in [0.2, 0.25) is 5.15 Å². The van der Waals surface area contributed by atoms with E-state index < -0.39 is 0 Å². The Labute approximate surface area is 144 Å². The van der Waals surface area contributed by atoms with Crippen LogP contribution in [0.15, 0.2) is 55.2 Å². The third-order valence-electron chi connectivity index (χ3n) is 3.93. The summed E-state index contributed by atoms with van der Waals surface area (Å²) in [7, 11) is 1.77. The normalized spacial score (nSPS) is 12.0. The largest absolute Gasteiger partial charge is 0.335 e. The highest BCUT2D eigenvalue weighted by molar-refractivity contribution is 6.29. The molecule has 2 aromatic heterocycles. The molecule has 0 radical (unpaired) electrons. The Balaban J connectivity index is 1.76. The smallest absolute Gasteiger partial charge is 0.255 e. The molecule has 6 nitrogen and oxygen atoms in total. The molecule has 0 N–H and O–H groups in total. The molecule has 0 spiro atoms. The van der Waals surface area contributed by atoms with Gasteiger partial charge >= 0.3 is 0 Å². The summed E-state index contributed by atoms with van der Waals surface area (Å²) >= 11 is 5.76. The summed E-state index contributed by atoms with van der Waals surface area (Å²) in [6, 6.07) is 11.1. The van der Waals surface area contributed by atoms with Gasteiger partial charge in [-0.2, -0.15) is 5.10 Å². The molecule has 0 fully saturated rings. The topological polar surface area (TPSA) is 63.9 Å². The van der Waals surface area contributed by atoms with Crippen LogP contribution in [0.3, 0.4) is 0 Å². The van der Waals surface area contributed by atoms with Crippen molar-refractivity contribution < 1.29 is 4.79 Å². The highest BCUT2D eigenvalue weighted by Crippen LogP contribution is 2.22. The molecule has 0 bridgehead atoms. The molecule has 1 atom stereocenters. The Morgan fingerprint density at radius 2 is 1.96 bits per heavy atom. The maximum Gasteiger partial charge on any atom is 0.255 e. The zero-order valence-electron chi connectivity index (χ0n) is 13.3. The van der Waals surface area contributed by atoms with E-state index >= 15 is 0 Å². The van der Waals surface area contributed by atoms with Crippen LogP contribution in [-0.2, 0) is 0 Å². The zero-order chi connectivity index (χ0) is 17.1. The number of hydrogen-bond acceptors (Lipinski definition) is 4. The van der Waals surface area contributed by atoms with E-state index in [1.807, 2.05) is 31.2 Å². The van der Waals surface area contributed by atoms with Gasteiger partial charge in [0.2, 0.25) is 0 Å². The molecule has 24 heavy (non-hydrogen) atoms. The Bertz CT molecular complexity index is 815. The summed E-state index contributed by atoms with van der Waals surface area (Å²) in [5.74, 6) is -0.105. The van der Waals surface area contributed by atoms with Crippen molar-refractivity contribution >= 4 is 17.5 Å². The Morgan fingerprint density at radius 1 is 1.21 bits per heavy atom. The molecule has 0 aliphatic rings. The lowest BCUT2D eigenvalue weighted by Gasteiger charge is -2.25. The van der Waals surface area contributed by atoms with Gasteiger partial charge in [-0.05, 0) is 36.8 Å². The van der Waals surface area contributed by atoms with E-state index in [1.54, 1.807) is 35.1 Å². The third kappa shape index (κ3) is 3.28. The number of nitrogens with zero attached hydrogens (tertiary/aromatic N) is 5. The van der Waals surface area contributed by atoms with Crippen LogP contribution in [0.4, 0.5) is 0 Å². The van der Waals surface area contributed by atoms with Gasteiger partial charge in [0.1, 0.15) is 17.8 Å². The minimum absolute atomic E-state index is 0.0852. The summed E-state index contributed by atoms with van der Waals surface area (Å²) in [5.41, 5.74) is 2.45. The van der Waals surface area contributed by atoms with E-state index in [0.29, 0.717) is 10.7 Å². The molecule has 122 valence electrons. The monoisotopic (exact) mass is 341 g/mol. The Hall–Kier alpha value is -2.73. The summed E-state index contributed by atoms with van der Waals surface area (Å²) < 4.78 is 1.68. The maximum absolute atomic E-state index is 12.5. The number of benzene rings is 1. The number of aromatic nitrogens is 4. The predicted octanol–water partition coefficient (Wildman–Crippen LogP) is 3.15. The molecule has 2 heterocycles. The molecule has 3 rings (SSSR count). The molecular weight excluding hydrogens is 326 g/mol. The first-order chi connectivity index (χ1) is 11.6. The van der Waals surface area contributed by atoms with Gasteiger partial charge in [-0.1, -0.05) is 23.7 Å². The van der Waals surface area contributed by atoms with Gasteiger partial charge in [-0.15, -0.1) is 0 Å². The van der Waals surface area contributed by atoms with Crippen molar-refractivity contribution in [2.75, 3.05) is 7.05 Å². The van der Waals surface area contributed by atoms with Crippen molar-refractivity contribution in [3.8, 4) is 5.69 Å². The average molecular weight is 342 g/mol. The number of amides is 1. The quantitative estimate of drug-likeness (QED) is 0.684. The van der Waals surface area contributed by atoms with Crippen LogP contribution in [0, 0.1) is 0 Å². The second-order valence-corrected chi connectivity index (χ2v) is 5.78. The first-order valence-electron chi connectivity index (χ1n) is 7.40. The molecule has 1 amide bonds. The minimum Gasteiger partial charge on any atom is -0.335 e. The standard InChI is InChI=1S/C17H16ClN5O/c1-12(22(2)17(24)14-5-8-16(18)20-9-14)13-3-6-15(7-4-13)23-11-19-10-21-23/h3-12H,1-2H3/t12-/m1/s1. The van der Waals surface area contributed by atoms with Gasteiger partial charge < -0.3 is 4.90 Å². The molecular formula is C17H16ClN5O. The molecule has 0 aliphatic heterocycles. The third-order valence-corrected chi connectivity index (χ3v) is 4.16. The number of carbonyl (C=O) groups excluding carboxylic acids is 1. The highest BCUT2D eigenvalue weighted by Gasteiger charge is 2.19. The van der Waals surface area contributed by atoms with Crippen LogP contribution in [-0.4, -0.2) is 37.6 Å². The van der Waals surface area contributed by atoms with Crippen molar-refractivity contribution in [2.45, 2.75) is 13.0 Å². The Morgan fingerprint density at radius 3 is 2.54 bits per heavy atom. The Kier molecular flexibility index (Phi) is 4.57. The van der Waals surface area contributed by atoms with Crippen LogP contribution in [0.25, 0.3) is 5.69 Å². The van der Waals surface area contributed by atoms with E-state index in [0.717, 1.165) is 11.3 Å². The van der Waals surface area contributed by atoms with Crippen LogP contribution < -0.4 is 0 Å². The molecule has 1 aromatic carbocycles. The molecule has 0 aliphatic carbocycles. The first-order valence-corrected chi connectivity index (χ1v) is 7.78. The lowest BCUT2D eigenvalue weighted by Crippen LogP contribution is -2.29. The number of hydrogen-bond donors (Lipinski definition) is 0. The van der Waals surface area contributed by atoms with Crippen LogP contribution >= 0.6 is 11.6 Å². The fraction of sp³-hybridized carbons (Fsp3) is 0.176. The van der Waals surface area contributed by atoms with Gasteiger partial charge in [0.05, 0.1) is 17.3 Å².